The summed E-state index contributed by atoms with van der Waals surface area (Å²) in [6.45, 7) is 1.72. The van der Waals surface area contributed by atoms with Gasteiger partial charge in [-0.15, -0.1) is 0 Å². The largest absolute Gasteiger partial charge is 0.475 e. The van der Waals surface area contributed by atoms with Crippen molar-refractivity contribution in [1.29, 1.82) is 0 Å². The second-order valence-electron chi connectivity index (χ2n) is 1.71. The Morgan fingerprint density at radius 3 is 2.17 bits per heavy atom. The van der Waals surface area contributed by atoms with Crippen LogP contribution in [-0.2, 0) is 19.1 Å². The Hall–Kier alpha value is -0.390. The summed E-state index contributed by atoms with van der Waals surface area (Å²) in [5, 5.41) is 8.04. The molecule has 12 heavy (non-hydrogen) atoms. The Morgan fingerprint density at radius 2 is 1.83 bits per heavy atom. The molecule has 0 amide bonds. The van der Waals surface area contributed by atoms with Gasteiger partial charge in [0.25, 0.3) is 5.78 Å². The molecular formula is C6H8NaO5. The Labute approximate surface area is 91.4 Å². The van der Waals surface area contributed by atoms with E-state index in [1.54, 1.807) is 6.92 Å². The number of hydrogen-bond donors (Lipinski definition) is 1. The van der Waals surface area contributed by atoms with Gasteiger partial charge in [-0.2, -0.15) is 0 Å². The molecule has 0 rings (SSSR count). The van der Waals surface area contributed by atoms with Crippen LogP contribution in [-0.4, -0.2) is 59.0 Å². The molecule has 0 spiro atoms. The van der Waals surface area contributed by atoms with Crippen LogP contribution in [0.5, 0.6) is 0 Å². The van der Waals surface area contributed by atoms with Gasteiger partial charge in [-0.1, -0.05) is 0 Å². The van der Waals surface area contributed by atoms with Crippen LogP contribution in [0, 0.1) is 0 Å². The minimum atomic E-state index is -1.61. The quantitative estimate of drug-likeness (QED) is 0.267. The summed E-state index contributed by atoms with van der Waals surface area (Å²) in [4.78, 5) is 30.7. The van der Waals surface area contributed by atoms with Gasteiger partial charge >= 0.3 is 11.9 Å². The molecule has 0 aliphatic heterocycles. The van der Waals surface area contributed by atoms with Gasteiger partial charge in [-0.05, 0) is 6.92 Å². The average Bonchev–Trinajstić information content (AvgIpc) is 1.87. The van der Waals surface area contributed by atoms with E-state index < -0.39 is 24.1 Å². The number of carboxylic acids is 1. The predicted octanol–water partition coefficient (Wildman–Crippen LogP) is -0.788. The molecule has 5 nitrogen and oxygen atoms in total. The molecule has 0 aliphatic rings. The molecule has 0 aromatic rings. The molecule has 63 valence electrons. The molecule has 0 heterocycles. The molecule has 0 fully saturated rings. The molecule has 0 saturated heterocycles. The average molecular weight is 183 g/mol. The van der Waals surface area contributed by atoms with Crippen LogP contribution in [0.2, 0.25) is 0 Å². The van der Waals surface area contributed by atoms with E-state index in [2.05, 4.69) is 4.74 Å². The van der Waals surface area contributed by atoms with Crippen LogP contribution in [0.1, 0.15) is 13.3 Å². The molecule has 0 aromatic carbocycles. The van der Waals surface area contributed by atoms with E-state index in [1.807, 2.05) is 0 Å². The Kier molecular flexibility index (Phi) is 8.57. The Bertz CT molecular complexity index is 188. The number of aliphatic carboxylic acids is 1. The number of carbonyl (C=O) groups is 3. The standard InChI is InChI=1S/C6H8O5.Na/c1-2-11-5(8)3-4(7)6(9)10;/h2-3H2,1H3,(H,9,10);. The van der Waals surface area contributed by atoms with E-state index in [-0.39, 0.29) is 36.2 Å². The number of ketones is 1. The number of rotatable bonds is 4. The first-order chi connectivity index (χ1) is 5.07. The van der Waals surface area contributed by atoms with Crippen molar-refractivity contribution in [1.82, 2.24) is 0 Å². The summed E-state index contributed by atoms with van der Waals surface area (Å²) in [5.41, 5.74) is 0. The van der Waals surface area contributed by atoms with Crippen LogP contribution in [0.15, 0.2) is 0 Å². The van der Waals surface area contributed by atoms with Gasteiger partial charge in [0, 0.05) is 29.6 Å². The number of carboxylic acid groups (broad SMARTS) is 1. The van der Waals surface area contributed by atoms with E-state index >= 15 is 0 Å². The predicted molar refractivity (Wildman–Crippen MR) is 39.6 cm³/mol. The van der Waals surface area contributed by atoms with Crippen molar-refractivity contribution in [2.75, 3.05) is 6.61 Å². The van der Waals surface area contributed by atoms with Crippen molar-refractivity contribution in [3.8, 4) is 0 Å². The van der Waals surface area contributed by atoms with E-state index in [0.29, 0.717) is 0 Å². The van der Waals surface area contributed by atoms with Gasteiger partial charge in [0.1, 0.15) is 6.42 Å². The summed E-state index contributed by atoms with van der Waals surface area (Å²) >= 11 is 0. The molecule has 0 atom stereocenters. The van der Waals surface area contributed by atoms with Gasteiger partial charge in [0.05, 0.1) is 6.61 Å². The summed E-state index contributed by atoms with van der Waals surface area (Å²) < 4.78 is 4.34. The van der Waals surface area contributed by atoms with Gasteiger partial charge < -0.3 is 9.84 Å². The van der Waals surface area contributed by atoms with Crippen LogP contribution in [0.4, 0.5) is 0 Å². The van der Waals surface area contributed by atoms with Gasteiger partial charge in [-0.3, -0.25) is 9.59 Å². The second-order valence-corrected chi connectivity index (χ2v) is 1.71. The van der Waals surface area contributed by atoms with E-state index in [0.717, 1.165) is 0 Å². The van der Waals surface area contributed by atoms with Crippen molar-refractivity contribution < 1.29 is 24.2 Å². The van der Waals surface area contributed by atoms with Crippen molar-refractivity contribution in [2.24, 2.45) is 0 Å². The second kappa shape index (κ2) is 7.27. The van der Waals surface area contributed by atoms with Crippen LogP contribution < -0.4 is 0 Å². The maximum atomic E-state index is 10.5. The number of ether oxygens (including phenoxy) is 1. The first-order valence-electron chi connectivity index (χ1n) is 2.99. The van der Waals surface area contributed by atoms with Gasteiger partial charge in [0.2, 0.25) is 0 Å². The molecule has 0 bridgehead atoms. The zero-order chi connectivity index (χ0) is 8.85. The zero-order valence-electron chi connectivity index (χ0n) is 6.99. The molecule has 1 radical (unpaired) electrons. The SMILES string of the molecule is CCOC(=O)CC(=O)C(=O)O.[Na]. The van der Waals surface area contributed by atoms with E-state index in [9.17, 15) is 14.4 Å². The fraction of sp³-hybridized carbons (Fsp3) is 0.500. The zero-order valence-corrected chi connectivity index (χ0v) is 8.99. The molecule has 0 unspecified atom stereocenters. The van der Waals surface area contributed by atoms with Crippen LogP contribution in [0.25, 0.3) is 0 Å². The molecular weight excluding hydrogens is 175 g/mol. The smallest absolute Gasteiger partial charge is 0.372 e. The van der Waals surface area contributed by atoms with Gasteiger partial charge in [0.15, 0.2) is 0 Å². The third-order valence-electron chi connectivity index (χ3n) is 0.849. The minimum Gasteiger partial charge on any atom is -0.475 e. The maximum Gasteiger partial charge on any atom is 0.372 e. The van der Waals surface area contributed by atoms with Crippen molar-refractivity contribution in [3.05, 3.63) is 0 Å². The first kappa shape index (κ1) is 14.2. The Balaban J connectivity index is 0. The maximum absolute atomic E-state index is 10.5. The number of carbonyl (C=O) groups excluding carboxylic acids is 2. The monoisotopic (exact) mass is 183 g/mol. The Morgan fingerprint density at radius 1 is 1.33 bits per heavy atom. The fourth-order valence-electron chi connectivity index (χ4n) is 0.419. The minimum absolute atomic E-state index is 0. The van der Waals surface area contributed by atoms with Crippen LogP contribution >= 0.6 is 0 Å². The van der Waals surface area contributed by atoms with Gasteiger partial charge in [-0.25, -0.2) is 4.79 Å². The van der Waals surface area contributed by atoms with Crippen molar-refractivity contribution >= 4 is 47.3 Å². The first-order valence-corrected chi connectivity index (χ1v) is 2.99. The van der Waals surface area contributed by atoms with E-state index in [1.165, 1.54) is 0 Å². The number of esters is 1. The summed E-state index contributed by atoms with van der Waals surface area (Å²) in [7, 11) is 0. The van der Waals surface area contributed by atoms with E-state index in [4.69, 9.17) is 5.11 Å². The third-order valence-corrected chi connectivity index (χ3v) is 0.849. The van der Waals surface area contributed by atoms with Crippen molar-refractivity contribution in [3.63, 3.8) is 0 Å². The normalized spacial score (nSPS) is 8.08. The van der Waals surface area contributed by atoms with Crippen molar-refractivity contribution in [2.45, 2.75) is 13.3 Å². The third kappa shape index (κ3) is 6.33. The molecule has 0 aliphatic carbocycles. The summed E-state index contributed by atoms with van der Waals surface area (Å²) in [5.74, 6) is -3.57. The molecule has 6 heteroatoms. The molecule has 0 aromatic heterocycles. The molecule has 1 N–H and O–H groups in total. The molecule has 0 saturated carbocycles. The number of Topliss-reactive ketones (excluding diaryl/α,β-unsaturated/α-hetero) is 1. The summed E-state index contributed by atoms with van der Waals surface area (Å²) in [6, 6.07) is 0. The summed E-state index contributed by atoms with van der Waals surface area (Å²) in [6.07, 6.45) is -0.691. The topological polar surface area (TPSA) is 80.7 Å². The number of hydrogen-bond acceptors (Lipinski definition) is 4. The van der Waals surface area contributed by atoms with Crippen LogP contribution in [0.3, 0.4) is 0 Å². The fourth-order valence-corrected chi connectivity index (χ4v) is 0.419.